The van der Waals surface area contributed by atoms with E-state index in [1.807, 2.05) is 29.2 Å². The number of hydrogen-bond donors (Lipinski definition) is 1. The van der Waals surface area contributed by atoms with Gasteiger partial charge >= 0.3 is 5.97 Å². The number of carbonyl (C=O) groups is 1. The summed E-state index contributed by atoms with van der Waals surface area (Å²) in [6, 6.07) is 7.27. The maximum Gasteiger partial charge on any atom is 0.326 e. The highest BCUT2D eigenvalue weighted by Gasteiger charge is 2.28. The van der Waals surface area contributed by atoms with Crippen LogP contribution in [0.15, 0.2) is 30.5 Å². The van der Waals surface area contributed by atoms with E-state index in [0.717, 1.165) is 42.4 Å². The van der Waals surface area contributed by atoms with Crippen molar-refractivity contribution in [1.29, 1.82) is 0 Å². The number of carboxylic acid groups (broad SMARTS) is 1. The summed E-state index contributed by atoms with van der Waals surface area (Å²) in [5.74, 6) is -0.757. The summed E-state index contributed by atoms with van der Waals surface area (Å²) in [6.45, 7) is 0.757. The molecule has 2 heterocycles. The number of carboxylic acids is 1. The van der Waals surface area contributed by atoms with Gasteiger partial charge in [0.05, 0.1) is 17.4 Å². The Balaban J connectivity index is 2.09. The minimum absolute atomic E-state index is 0.467. The van der Waals surface area contributed by atoms with Crippen molar-refractivity contribution < 1.29 is 9.90 Å². The van der Waals surface area contributed by atoms with Crippen molar-refractivity contribution in [2.24, 2.45) is 0 Å². The summed E-state index contributed by atoms with van der Waals surface area (Å²) < 4.78 is 0. The lowest BCUT2D eigenvalue weighted by molar-refractivity contribution is -0.138. The highest BCUT2D eigenvalue weighted by Crippen LogP contribution is 2.29. The summed E-state index contributed by atoms with van der Waals surface area (Å²) in [4.78, 5) is 13.5. The van der Waals surface area contributed by atoms with E-state index in [9.17, 15) is 9.90 Å². The molecule has 0 bridgehead atoms. The lowest BCUT2D eigenvalue weighted by atomic mass is 10.1. The quantitative estimate of drug-likeness (QED) is 0.908. The van der Waals surface area contributed by atoms with E-state index >= 15 is 0 Å². The van der Waals surface area contributed by atoms with Crippen LogP contribution in [0.2, 0.25) is 0 Å². The molecule has 5 heteroatoms. The molecule has 0 amide bonds. The molecule has 5 nitrogen and oxygen atoms in total. The largest absolute Gasteiger partial charge is 0.480 e. The first-order valence-electron chi connectivity index (χ1n) is 6.97. The molecule has 0 radical (unpaired) electrons. The van der Waals surface area contributed by atoms with Gasteiger partial charge in [-0.3, -0.25) is 0 Å². The van der Waals surface area contributed by atoms with Gasteiger partial charge < -0.3 is 10.0 Å². The molecular formula is C15H17N3O2. The van der Waals surface area contributed by atoms with E-state index < -0.39 is 12.0 Å². The lowest BCUT2D eigenvalue weighted by Crippen LogP contribution is -2.41. The fourth-order valence-electron chi connectivity index (χ4n) is 2.88. The zero-order chi connectivity index (χ0) is 13.9. The van der Waals surface area contributed by atoms with Gasteiger partial charge in [-0.25, -0.2) is 4.79 Å². The van der Waals surface area contributed by atoms with Gasteiger partial charge in [0.2, 0.25) is 0 Å². The molecule has 1 aliphatic rings. The van der Waals surface area contributed by atoms with Crippen LogP contribution in [0, 0.1) is 0 Å². The Morgan fingerprint density at radius 2 is 2.10 bits per heavy atom. The second kappa shape index (κ2) is 5.45. The molecule has 1 N–H and O–H groups in total. The van der Waals surface area contributed by atoms with Crippen LogP contribution in [0.25, 0.3) is 10.9 Å². The Kier molecular flexibility index (Phi) is 3.50. The fourth-order valence-corrected chi connectivity index (χ4v) is 2.88. The van der Waals surface area contributed by atoms with E-state index in [-0.39, 0.29) is 0 Å². The van der Waals surface area contributed by atoms with Gasteiger partial charge in [0, 0.05) is 11.9 Å². The standard InChI is InChI=1S/C15H17N3O2/c19-15(20)13-8-2-1-5-9-18(13)14-10-16-17-12-7-4-3-6-11(12)14/h3-4,6-7,10,13H,1-2,5,8-9H2,(H,19,20). The van der Waals surface area contributed by atoms with E-state index in [1.54, 1.807) is 6.20 Å². The fraction of sp³-hybridized carbons (Fsp3) is 0.400. The molecule has 1 aliphatic heterocycles. The second-order valence-electron chi connectivity index (χ2n) is 5.14. The predicted molar refractivity (Wildman–Crippen MR) is 76.8 cm³/mol. The van der Waals surface area contributed by atoms with Crippen molar-refractivity contribution in [3.63, 3.8) is 0 Å². The first kappa shape index (κ1) is 12.8. The van der Waals surface area contributed by atoms with E-state index in [2.05, 4.69) is 10.2 Å². The molecule has 1 atom stereocenters. The number of aromatic nitrogens is 2. The Bertz CT molecular complexity index is 624. The average Bonchev–Trinajstić information content (AvgIpc) is 2.72. The number of rotatable bonds is 2. The van der Waals surface area contributed by atoms with Crippen molar-refractivity contribution in [3.8, 4) is 0 Å². The number of benzene rings is 1. The summed E-state index contributed by atoms with van der Waals surface area (Å²) in [7, 11) is 0. The summed E-state index contributed by atoms with van der Waals surface area (Å²) >= 11 is 0. The third-order valence-corrected chi connectivity index (χ3v) is 3.87. The molecule has 1 aromatic carbocycles. The van der Waals surface area contributed by atoms with Crippen LogP contribution in [-0.4, -0.2) is 33.9 Å². The minimum Gasteiger partial charge on any atom is -0.480 e. The van der Waals surface area contributed by atoms with E-state index in [4.69, 9.17) is 0 Å². The molecule has 1 unspecified atom stereocenters. The predicted octanol–water partition coefficient (Wildman–Crippen LogP) is 2.46. The number of aliphatic carboxylic acids is 1. The highest BCUT2D eigenvalue weighted by molar-refractivity contribution is 5.92. The zero-order valence-corrected chi connectivity index (χ0v) is 11.2. The second-order valence-corrected chi connectivity index (χ2v) is 5.14. The van der Waals surface area contributed by atoms with E-state index in [1.165, 1.54) is 0 Å². The Hall–Kier alpha value is -2.17. The number of hydrogen-bond acceptors (Lipinski definition) is 4. The van der Waals surface area contributed by atoms with Crippen LogP contribution in [0.4, 0.5) is 5.69 Å². The van der Waals surface area contributed by atoms with Crippen molar-refractivity contribution in [2.45, 2.75) is 31.7 Å². The van der Waals surface area contributed by atoms with Crippen molar-refractivity contribution in [2.75, 3.05) is 11.4 Å². The molecule has 1 fully saturated rings. The summed E-state index contributed by atoms with van der Waals surface area (Å²) in [6.07, 6.45) is 5.43. The SMILES string of the molecule is O=C(O)C1CCCCCN1c1cnnc2ccccc12. The van der Waals surface area contributed by atoms with Gasteiger partial charge in [0.25, 0.3) is 0 Å². The summed E-state index contributed by atoms with van der Waals surface area (Å²) in [5, 5.41) is 18.6. The van der Waals surface area contributed by atoms with Gasteiger partial charge in [-0.2, -0.15) is 10.2 Å². The number of fused-ring (bicyclic) bond motifs is 1. The molecule has 20 heavy (non-hydrogen) atoms. The van der Waals surface area contributed by atoms with Gasteiger partial charge in [-0.15, -0.1) is 0 Å². The Morgan fingerprint density at radius 1 is 1.25 bits per heavy atom. The van der Waals surface area contributed by atoms with Crippen LogP contribution < -0.4 is 4.90 Å². The third kappa shape index (κ3) is 2.31. The van der Waals surface area contributed by atoms with Gasteiger partial charge in [-0.1, -0.05) is 31.0 Å². The van der Waals surface area contributed by atoms with Crippen LogP contribution >= 0.6 is 0 Å². The smallest absolute Gasteiger partial charge is 0.326 e. The van der Waals surface area contributed by atoms with Gasteiger partial charge in [0.15, 0.2) is 0 Å². The maximum absolute atomic E-state index is 11.5. The monoisotopic (exact) mass is 271 g/mol. The van der Waals surface area contributed by atoms with Crippen LogP contribution in [0.3, 0.4) is 0 Å². The van der Waals surface area contributed by atoms with Crippen LogP contribution in [-0.2, 0) is 4.79 Å². The highest BCUT2D eigenvalue weighted by atomic mass is 16.4. The maximum atomic E-state index is 11.5. The molecule has 1 saturated heterocycles. The first-order valence-corrected chi connectivity index (χ1v) is 6.97. The molecule has 1 aromatic heterocycles. The summed E-state index contributed by atoms with van der Waals surface area (Å²) in [5.41, 5.74) is 1.68. The molecule has 104 valence electrons. The molecular weight excluding hydrogens is 254 g/mol. The lowest BCUT2D eigenvalue weighted by Gasteiger charge is -2.29. The molecule has 0 spiro atoms. The molecule has 3 rings (SSSR count). The topological polar surface area (TPSA) is 66.3 Å². The Morgan fingerprint density at radius 3 is 2.95 bits per heavy atom. The van der Waals surface area contributed by atoms with Crippen molar-refractivity contribution in [1.82, 2.24) is 10.2 Å². The average molecular weight is 271 g/mol. The zero-order valence-electron chi connectivity index (χ0n) is 11.2. The normalized spacial score (nSPS) is 19.8. The van der Waals surface area contributed by atoms with Crippen LogP contribution in [0.5, 0.6) is 0 Å². The molecule has 0 saturated carbocycles. The third-order valence-electron chi connectivity index (χ3n) is 3.87. The van der Waals surface area contributed by atoms with Crippen molar-refractivity contribution in [3.05, 3.63) is 30.5 Å². The molecule has 0 aliphatic carbocycles. The van der Waals surface area contributed by atoms with Crippen molar-refractivity contribution >= 4 is 22.6 Å². The number of anilines is 1. The van der Waals surface area contributed by atoms with Crippen LogP contribution in [0.1, 0.15) is 25.7 Å². The van der Waals surface area contributed by atoms with E-state index in [0.29, 0.717) is 6.42 Å². The Labute approximate surface area is 117 Å². The first-order chi connectivity index (χ1) is 9.77. The minimum atomic E-state index is -0.757. The van der Waals surface area contributed by atoms with Gasteiger partial charge in [0.1, 0.15) is 6.04 Å². The molecule has 2 aromatic rings. The number of nitrogens with zero attached hydrogens (tertiary/aromatic N) is 3. The van der Waals surface area contributed by atoms with Gasteiger partial charge in [-0.05, 0) is 18.9 Å².